The lowest BCUT2D eigenvalue weighted by Crippen LogP contribution is -2.39. The lowest BCUT2D eigenvalue weighted by atomic mass is 9.90. The van der Waals surface area contributed by atoms with Gasteiger partial charge < -0.3 is 0 Å². The highest BCUT2D eigenvalue weighted by Gasteiger charge is 2.53. The fraction of sp³-hybridized carbons (Fsp3) is 0.231. The molecular weight excluding hydrogens is 337 g/mol. The molecule has 9 heteroatoms. The maximum Gasteiger partial charge on any atom is 0.472 e. The van der Waals surface area contributed by atoms with Crippen molar-refractivity contribution >= 4 is 10.8 Å². The van der Waals surface area contributed by atoms with Crippen LogP contribution in [0.25, 0.3) is 0 Å². The number of rotatable bonds is 2. The minimum Gasteiger partial charge on any atom is -0.249 e. The van der Waals surface area contributed by atoms with Gasteiger partial charge in [-0.25, -0.2) is 21.8 Å². The second-order valence-corrected chi connectivity index (χ2v) is 6.22. The number of halogens is 7. The smallest absolute Gasteiger partial charge is 0.249 e. The first-order chi connectivity index (χ1) is 10.1. The van der Waals surface area contributed by atoms with Gasteiger partial charge in [0.2, 0.25) is 0 Å². The molecule has 1 aromatic rings. The van der Waals surface area contributed by atoms with Crippen LogP contribution in [0.1, 0.15) is 12.0 Å². The van der Waals surface area contributed by atoms with E-state index in [0.29, 0.717) is 24.3 Å². The van der Waals surface area contributed by atoms with Crippen LogP contribution in [0.5, 0.6) is 0 Å². The average Bonchev–Trinajstić information content (AvgIpc) is 2.43. The molecule has 2 atom stereocenters. The van der Waals surface area contributed by atoms with Crippen LogP contribution >= 0.6 is 0 Å². The van der Waals surface area contributed by atoms with Crippen molar-refractivity contribution < 1.29 is 34.9 Å². The lowest BCUT2D eigenvalue weighted by molar-refractivity contribution is -0.0401. The molecule has 1 aromatic carbocycles. The maximum atomic E-state index is 13.5. The van der Waals surface area contributed by atoms with E-state index in [1.54, 1.807) is 0 Å². The molecule has 1 nitrogen and oxygen atoms in total. The standard InChI is InChI=1S/C13H7F7OS/c14-8-2-1-7(5-10(8)16)12(22(21)13(18,19)20)4-3-9(15)11(17)6-12/h1-5H,6H2. The van der Waals surface area contributed by atoms with E-state index in [4.69, 9.17) is 0 Å². The summed E-state index contributed by atoms with van der Waals surface area (Å²) in [7, 11) is -3.70. The predicted molar refractivity (Wildman–Crippen MR) is 65.2 cm³/mol. The molecule has 120 valence electrons. The van der Waals surface area contributed by atoms with Crippen LogP contribution in [0.2, 0.25) is 0 Å². The number of benzene rings is 1. The minimum absolute atomic E-state index is 0.389. The van der Waals surface area contributed by atoms with Gasteiger partial charge in [-0.15, -0.1) is 0 Å². The van der Waals surface area contributed by atoms with Gasteiger partial charge in [-0.05, 0) is 23.8 Å². The Labute approximate surface area is 122 Å². The minimum atomic E-state index is -5.26. The molecule has 22 heavy (non-hydrogen) atoms. The van der Waals surface area contributed by atoms with Crippen LogP contribution in [-0.2, 0) is 15.5 Å². The summed E-state index contributed by atoms with van der Waals surface area (Å²) in [4.78, 5) is 0. The fourth-order valence-corrected chi connectivity index (χ4v) is 3.27. The quantitative estimate of drug-likeness (QED) is 0.720. The Bertz CT molecular complexity index is 692. The van der Waals surface area contributed by atoms with Crippen LogP contribution in [0, 0.1) is 11.6 Å². The zero-order valence-corrected chi connectivity index (χ0v) is 11.4. The van der Waals surface area contributed by atoms with Crippen LogP contribution in [-0.4, -0.2) is 9.72 Å². The molecule has 0 spiro atoms. The summed E-state index contributed by atoms with van der Waals surface area (Å²) in [6.45, 7) is 0. The third kappa shape index (κ3) is 2.81. The predicted octanol–water partition coefficient (Wildman–Crippen LogP) is 4.54. The Morgan fingerprint density at radius 3 is 2.18 bits per heavy atom. The average molecular weight is 344 g/mol. The van der Waals surface area contributed by atoms with Crippen molar-refractivity contribution in [3.05, 3.63) is 59.2 Å². The van der Waals surface area contributed by atoms with Gasteiger partial charge in [0.1, 0.15) is 21.4 Å². The molecule has 2 unspecified atom stereocenters. The van der Waals surface area contributed by atoms with Crippen LogP contribution < -0.4 is 0 Å². The summed E-state index contributed by atoms with van der Waals surface area (Å²) < 4.78 is 100. The first-order valence-electron chi connectivity index (χ1n) is 5.75. The summed E-state index contributed by atoms with van der Waals surface area (Å²) in [5.74, 6) is -5.78. The zero-order valence-electron chi connectivity index (χ0n) is 10.6. The molecule has 0 N–H and O–H groups in total. The fourth-order valence-electron chi connectivity index (χ4n) is 2.07. The summed E-state index contributed by atoms with van der Waals surface area (Å²) in [6, 6.07) is 1.67. The molecule has 0 saturated carbocycles. The van der Waals surface area contributed by atoms with Gasteiger partial charge in [0.05, 0.1) is 0 Å². The van der Waals surface area contributed by atoms with E-state index in [2.05, 4.69) is 0 Å². The summed E-state index contributed by atoms with van der Waals surface area (Å²) >= 11 is 0. The van der Waals surface area contributed by atoms with E-state index < -0.39 is 56.3 Å². The van der Waals surface area contributed by atoms with Crippen molar-refractivity contribution in [1.29, 1.82) is 0 Å². The Hall–Kier alpha value is -1.64. The van der Waals surface area contributed by atoms with Crippen molar-refractivity contribution in [3.8, 4) is 0 Å². The largest absolute Gasteiger partial charge is 0.472 e. The molecule has 2 rings (SSSR count). The third-order valence-electron chi connectivity index (χ3n) is 3.13. The van der Waals surface area contributed by atoms with Crippen molar-refractivity contribution in [3.63, 3.8) is 0 Å². The molecule has 0 aromatic heterocycles. The van der Waals surface area contributed by atoms with Crippen molar-refractivity contribution in [2.75, 3.05) is 0 Å². The highest BCUT2D eigenvalue weighted by molar-refractivity contribution is 7.87. The molecule has 0 bridgehead atoms. The van der Waals surface area contributed by atoms with Gasteiger partial charge in [0, 0.05) is 6.42 Å². The van der Waals surface area contributed by atoms with Gasteiger partial charge >= 0.3 is 5.51 Å². The van der Waals surface area contributed by atoms with Crippen LogP contribution in [0.3, 0.4) is 0 Å². The topological polar surface area (TPSA) is 17.1 Å². The van der Waals surface area contributed by atoms with Crippen LogP contribution in [0.4, 0.5) is 30.7 Å². The summed E-state index contributed by atoms with van der Waals surface area (Å²) in [5.41, 5.74) is -5.83. The first-order valence-corrected chi connectivity index (χ1v) is 6.90. The number of hydrogen-bond donors (Lipinski definition) is 0. The summed E-state index contributed by atoms with van der Waals surface area (Å²) in [6.07, 6.45) is -0.266. The lowest BCUT2D eigenvalue weighted by Gasteiger charge is -2.32. The summed E-state index contributed by atoms with van der Waals surface area (Å²) in [5, 5.41) is 0. The van der Waals surface area contributed by atoms with E-state index in [1.807, 2.05) is 0 Å². The molecule has 0 saturated heterocycles. The van der Waals surface area contributed by atoms with Gasteiger partial charge in [0.15, 0.2) is 17.5 Å². The molecule has 0 heterocycles. The molecule has 0 fully saturated rings. The van der Waals surface area contributed by atoms with Gasteiger partial charge in [-0.1, -0.05) is 12.1 Å². The molecule has 0 amide bonds. The van der Waals surface area contributed by atoms with E-state index in [9.17, 15) is 34.9 Å². The molecule has 0 aliphatic heterocycles. The Balaban J connectivity index is 2.65. The molecular formula is C13H7F7OS. The number of alkyl halides is 3. The van der Waals surface area contributed by atoms with Gasteiger partial charge in [-0.3, -0.25) is 0 Å². The Morgan fingerprint density at radius 1 is 1.05 bits per heavy atom. The van der Waals surface area contributed by atoms with Gasteiger partial charge in [0.25, 0.3) is 0 Å². The zero-order chi connectivity index (χ0) is 16.7. The monoisotopic (exact) mass is 344 g/mol. The van der Waals surface area contributed by atoms with Crippen molar-refractivity contribution in [2.45, 2.75) is 16.7 Å². The molecule has 1 aliphatic rings. The second kappa shape index (κ2) is 5.53. The van der Waals surface area contributed by atoms with E-state index in [1.165, 1.54) is 0 Å². The molecule has 0 radical (unpaired) electrons. The first kappa shape index (κ1) is 16.7. The second-order valence-electron chi connectivity index (χ2n) is 4.50. The van der Waals surface area contributed by atoms with Crippen LogP contribution in [0.15, 0.2) is 42.0 Å². The normalized spacial score (nSPS) is 23.8. The maximum absolute atomic E-state index is 13.5. The Morgan fingerprint density at radius 2 is 1.68 bits per heavy atom. The third-order valence-corrected chi connectivity index (χ3v) is 4.72. The van der Waals surface area contributed by atoms with Crippen molar-refractivity contribution in [1.82, 2.24) is 0 Å². The van der Waals surface area contributed by atoms with E-state index in [0.717, 1.165) is 6.07 Å². The van der Waals surface area contributed by atoms with E-state index >= 15 is 0 Å². The number of hydrogen-bond acceptors (Lipinski definition) is 1. The SMILES string of the molecule is O=S(C(F)(F)F)C1(c2ccc(F)c(F)c2)C=CC(F)=C(F)C1. The highest BCUT2D eigenvalue weighted by atomic mass is 32.2. The van der Waals surface area contributed by atoms with E-state index in [-0.39, 0.29) is 0 Å². The Kier molecular flexibility index (Phi) is 4.20. The van der Waals surface area contributed by atoms with Gasteiger partial charge in [-0.2, -0.15) is 13.2 Å². The highest BCUT2D eigenvalue weighted by Crippen LogP contribution is 2.46. The molecule has 1 aliphatic carbocycles. The number of allylic oxidation sites excluding steroid dienone is 3. The van der Waals surface area contributed by atoms with Crippen molar-refractivity contribution in [2.24, 2.45) is 0 Å².